The van der Waals surface area contributed by atoms with Crippen molar-refractivity contribution in [1.82, 2.24) is 5.32 Å². The van der Waals surface area contributed by atoms with E-state index in [4.69, 9.17) is 4.74 Å². The Morgan fingerprint density at radius 1 is 1.37 bits per heavy atom. The van der Waals surface area contributed by atoms with Crippen LogP contribution in [0.1, 0.15) is 37.8 Å². The molecule has 0 heterocycles. The van der Waals surface area contributed by atoms with Crippen molar-refractivity contribution in [2.45, 2.75) is 38.3 Å². The lowest BCUT2D eigenvalue weighted by molar-refractivity contribution is 0.0494. The van der Waals surface area contributed by atoms with E-state index in [9.17, 15) is 8.78 Å². The highest BCUT2D eigenvalue weighted by molar-refractivity contribution is 5.24. The average molecular weight is 269 g/mol. The Kier molecular flexibility index (Phi) is 4.88. The van der Waals surface area contributed by atoms with Crippen LogP contribution in [0.5, 0.6) is 0 Å². The van der Waals surface area contributed by atoms with Gasteiger partial charge in [0.2, 0.25) is 0 Å². The molecule has 1 aromatic rings. The van der Waals surface area contributed by atoms with Crippen LogP contribution in [0.15, 0.2) is 18.2 Å². The minimum Gasteiger partial charge on any atom is -0.379 e. The SMILES string of the molecule is CCCNC(c1cccc(F)c1F)C(OC)C1CC1. The standard InChI is InChI=1S/C15H21F2NO/c1-3-9-18-14(15(19-2)10-7-8-10)11-5-4-6-12(16)13(11)17/h4-6,10,14-15,18H,3,7-9H2,1-2H3. The third kappa shape index (κ3) is 3.31. The highest BCUT2D eigenvalue weighted by atomic mass is 19.2. The van der Waals surface area contributed by atoms with Crippen LogP contribution < -0.4 is 5.32 Å². The van der Waals surface area contributed by atoms with Crippen molar-refractivity contribution in [3.8, 4) is 0 Å². The fourth-order valence-electron chi connectivity index (χ4n) is 2.49. The van der Waals surface area contributed by atoms with Crippen molar-refractivity contribution in [2.75, 3.05) is 13.7 Å². The summed E-state index contributed by atoms with van der Waals surface area (Å²) in [5, 5.41) is 3.29. The molecule has 106 valence electrons. The summed E-state index contributed by atoms with van der Waals surface area (Å²) >= 11 is 0. The van der Waals surface area contributed by atoms with Crippen molar-refractivity contribution in [3.05, 3.63) is 35.4 Å². The molecule has 1 aliphatic rings. The lowest BCUT2D eigenvalue weighted by Gasteiger charge is -2.28. The maximum absolute atomic E-state index is 14.0. The molecule has 0 aromatic heterocycles. The van der Waals surface area contributed by atoms with Crippen molar-refractivity contribution < 1.29 is 13.5 Å². The van der Waals surface area contributed by atoms with E-state index in [1.54, 1.807) is 19.2 Å². The molecule has 1 N–H and O–H groups in total. The van der Waals surface area contributed by atoms with Gasteiger partial charge in [0.05, 0.1) is 12.1 Å². The van der Waals surface area contributed by atoms with E-state index in [0.29, 0.717) is 11.5 Å². The van der Waals surface area contributed by atoms with E-state index in [1.165, 1.54) is 0 Å². The van der Waals surface area contributed by atoms with Crippen molar-refractivity contribution >= 4 is 0 Å². The van der Waals surface area contributed by atoms with Crippen LogP contribution in [0.2, 0.25) is 0 Å². The van der Waals surface area contributed by atoms with Crippen LogP contribution in [0.25, 0.3) is 0 Å². The first-order chi connectivity index (χ1) is 9.19. The highest BCUT2D eigenvalue weighted by Crippen LogP contribution is 2.40. The Balaban J connectivity index is 2.27. The Bertz CT molecular complexity index is 421. The van der Waals surface area contributed by atoms with Crippen LogP contribution in [-0.4, -0.2) is 19.8 Å². The second-order valence-corrected chi connectivity index (χ2v) is 5.11. The van der Waals surface area contributed by atoms with Gasteiger partial charge in [-0.1, -0.05) is 19.1 Å². The molecular weight excluding hydrogens is 248 g/mol. The Labute approximate surface area is 113 Å². The summed E-state index contributed by atoms with van der Waals surface area (Å²) < 4.78 is 32.9. The van der Waals surface area contributed by atoms with Gasteiger partial charge in [-0.15, -0.1) is 0 Å². The van der Waals surface area contributed by atoms with Crippen LogP contribution in [0.3, 0.4) is 0 Å². The van der Waals surface area contributed by atoms with Gasteiger partial charge in [0.15, 0.2) is 11.6 Å². The largest absolute Gasteiger partial charge is 0.379 e. The van der Waals surface area contributed by atoms with Gasteiger partial charge in [0.25, 0.3) is 0 Å². The smallest absolute Gasteiger partial charge is 0.163 e. The fourth-order valence-corrected chi connectivity index (χ4v) is 2.49. The third-order valence-corrected chi connectivity index (χ3v) is 3.62. The second-order valence-electron chi connectivity index (χ2n) is 5.11. The van der Waals surface area contributed by atoms with Crippen LogP contribution in [0, 0.1) is 17.6 Å². The van der Waals surface area contributed by atoms with Gasteiger partial charge >= 0.3 is 0 Å². The zero-order chi connectivity index (χ0) is 13.8. The first-order valence-electron chi connectivity index (χ1n) is 6.89. The molecule has 2 rings (SSSR count). The lowest BCUT2D eigenvalue weighted by atomic mass is 9.97. The molecule has 2 unspecified atom stereocenters. The van der Waals surface area contributed by atoms with Gasteiger partial charge in [0, 0.05) is 12.7 Å². The van der Waals surface area contributed by atoms with Gasteiger partial charge in [-0.3, -0.25) is 0 Å². The molecule has 0 bridgehead atoms. The maximum Gasteiger partial charge on any atom is 0.163 e. The van der Waals surface area contributed by atoms with E-state index >= 15 is 0 Å². The second kappa shape index (κ2) is 6.44. The normalized spacial score (nSPS) is 18.3. The van der Waals surface area contributed by atoms with E-state index in [-0.39, 0.29) is 12.1 Å². The van der Waals surface area contributed by atoms with Gasteiger partial charge in [-0.2, -0.15) is 0 Å². The monoisotopic (exact) mass is 269 g/mol. The van der Waals surface area contributed by atoms with E-state index in [0.717, 1.165) is 31.9 Å². The number of halogens is 2. The number of hydrogen-bond acceptors (Lipinski definition) is 2. The average Bonchev–Trinajstić information content (AvgIpc) is 3.23. The molecule has 0 aliphatic heterocycles. The number of benzene rings is 1. The predicted octanol–water partition coefficient (Wildman–Crippen LogP) is 3.43. The highest BCUT2D eigenvalue weighted by Gasteiger charge is 2.38. The van der Waals surface area contributed by atoms with Gasteiger partial charge < -0.3 is 10.1 Å². The van der Waals surface area contributed by atoms with Crippen LogP contribution in [0.4, 0.5) is 8.78 Å². The number of rotatable bonds is 7. The van der Waals surface area contributed by atoms with E-state index in [1.807, 2.05) is 6.92 Å². The Hall–Kier alpha value is -1.00. The number of methoxy groups -OCH3 is 1. The van der Waals surface area contributed by atoms with E-state index in [2.05, 4.69) is 5.32 Å². The molecule has 0 spiro atoms. The van der Waals surface area contributed by atoms with Gasteiger partial charge in [-0.25, -0.2) is 8.78 Å². The Morgan fingerprint density at radius 3 is 2.68 bits per heavy atom. The number of ether oxygens (including phenoxy) is 1. The third-order valence-electron chi connectivity index (χ3n) is 3.62. The molecule has 1 aromatic carbocycles. The van der Waals surface area contributed by atoms with Gasteiger partial charge in [-0.05, 0) is 37.8 Å². The molecule has 0 amide bonds. The number of hydrogen-bond donors (Lipinski definition) is 1. The van der Waals surface area contributed by atoms with Gasteiger partial charge in [0.1, 0.15) is 0 Å². The lowest BCUT2D eigenvalue weighted by Crippen LogP contribution is -2.36. The first-order valence-corrected chi connectivity index (χ1v) is 6.89. The molecule has 1 saturated carbocycles. The maximum atomic E-state index is 14.0. The molecule has 1 fully saturated rings. The summed E-state index contributed by atoms with van der Waals surface area (Å²) in [6.45, 7) is 2.80. The predicted molar refractivity (Wildman–Crippen MR) is 70.9 cm³/mol. The molecule has 19 heavy (non-hydrogen) atoms. The summed E-state index contributed by atoms with van der Waals surface area (Å²) in [5.41, 5.74) is 0.368. The molecule has 4 heteroatoms. The first kappa shape index (κ1) is 14.4. The minimum atomic E-state index is -0.800. The van der Waals surface area contributed by atoms with Crippen molar-refractivity contribution in [3.63, 3.8) is 0 Å². The zero-order valence-electron chi connectivity index (χ0n) is 11.5. The topological polar surface area (TPSA) is 21.3 Å². The number of nitrogens with one attached hydrogen (secondary N) is 1. The molecule has 0 saturated heterocycles. The summed E-state index contributed by atoms with van der Waals surface area (Å²) in [6.07, 6.45) is 3.04. The van der Waals surface area contributed by atoms with Crippen molar-refractivity contribution in [2.24, 2.45) is 5.92 Å². The molecule has 2 atom stereocenters. The Morgan fingerprint density at radius 2 is 2.11 bits per heavy atom. The quantitative estimate of drug-likeness (QED) is 0.819. The fraction of sp³-hybridized carbons (Fsp3) is 0.600. The zero-order valence-corrected chi connectivity index (χ0v) is 11.5. The molecule has 1 aliphatic carbocycles. The minimum absolute atomic E-state index is 0.0946. The summed E-state index contributed by atoms with van der Waals surface area (Å²) in [4.78, 5) is 0. The summed E-state index contributed by atoms with van der Waals surface area (Å²) in [5.74, 6) is -1.12. The molecule has 0 radical (unpaired) electrons. The van der Waals surface area contributed by atoms with Crippen molar-refractivity contribution in [1.29, 1.82) is 0 Å². The summed E-state index contributed by atoms with van der Waals surface area (Å²) in [7, 11) is 1.64. The van der Waals surface area contributed by atoms with E-state index < -0.39 is 11.6 Å². The molecule has 2 nitrogen and oxygen atoms in total. The van der Waals surface area contributed by atoms with Crippen LogP contribution >= 0.6 is 0 Å². The molecular formula is C15H21F2NO. The summed E-state index contributed by atoms with van der Waals surface area (Å²) in [6, 6.07) is 4.05. The van der Waals surface area contributed by atoms with Crippen LogP contribution in [-0.2, 0) is 4.74 Å².